The molecule has 1 atom stereocenters. The molecule has 0 saturated carbocycles. The van der Waals surface area contributed by atoms with Crippen molar-refractivity contribution in [1.29, 1.82) is 0 Å². The molecule has 7 heteroatoms. The van der Waals surface area contributed by atoms with E-state index in [2.05, 4.69) is 10.6 Å². The second-order valence-electron chi connectivity index (χ2n) is 6.21. The van der Waals surface area contributed by atoms with Crippen molar-refractivity contribution in [3.05, 3.63) is 89.2 Å². The molecular weight excluding hydrogens is 395 g/mol. The summed E-state index contributed by atoms with van der Waals surface area (Å²) < 4.78 is 18.6. The minimum atomic E-state index is -0.773. The van der Waals surface area contributed by atoms with Gasteiger partial charge in [-0.2, -0.15) is 0 Å². The number of hydrogen-bond donors (Lipinski definition) is 2. The van der Waals surface area contributed by atoms with E-state index in [0.717, 1.165) is 0 Å². The van der Waals surface area contributed by atoms with Crippen LogP contribution < -0.4 is 15.4 Å². The number of ether oxygens (including phenoxy) is 1. The van der Waals surface area contributed by atoms with Crippen molar-refractivity contribution in [1.82, 2.24) is 0 Å². The van der Waals surface area contributed by atoms with Crippen LogP contribution in [0.2, 0.25) is 5.02 Å². The SMILES string of the molecule is CC(Oc1ccc(C(=O)Nc2ccc(F)cc2)cc1)C(=O)Nc1ccccc1Cl. The average molecular weight is 413 g/mol. The molecule has 3 rings (SSSR count). The largest absolute Gasteiger partial charge is 0.481 e. The summed E-state index contributed by atoms with van der Waals surface area (Å²) in [6.07, 6.45) is -0.773. The van der Waals surface area contributed by atoms with Crippen molar-refractivity contribution in [2.24, 2.45) is 0 Å². The van der Waals surface area contributed by atoms with Gasteiger partial charge >= 0.3 is 0 Å². The molecule has 148 valence electrons. The first-order chi connectivity index (χ1) is 13.9. The lowest BCUT2D eigenvalue weighted by molar-refractivity contribution is -0.122. The Morgan fingerprint density at radius 2 is 1.59 bits per heavy atom. The third-order valence-corrected chi connectivity index (χ3v) is 4.36. The van der Waals surface area contributed by atoms with Crippen LogP contribution in [0.3, 0.4) is 0 Å². The lowest BCUT2D eigenvalue weighted by Crippen LogP contribution is -2.30. The number of halogens is 2. The number of para-hydroxylation sites is 1. The predicted molar refractivity (Wildman–Crippen MR) is 111 cm³/mol. The summed E-state index contributed by atoms with van der Waals surface area (Å²) in [7, 11) is 0. The van der Waals surface area contributed by atoms with Crippen LogP contribution in [0.5, 0.6) is 5.75 Å². The van der Waals surface area contributed by atoms with E-state index in [1.54, 1.807) is 55.5 Å². The summed E-state index contributed by atoms with van der Waals surface area (Å²) in [5.41, 5.74) is 1.39. The van der Waals surface area contributed by atoms with Gasteiger partial charge in [0.1, 0.15) is 11.6 Å². The molecule has 0 fully saturated rings. The second kappa shape index (κ2) is 9.21. The Labute approximate surface area is 172 Å². The van der Waals surface area contributed by atoms with E-state index in [1.807, 2.05) is 0 Å². The van der Waals surface area contributed by atoms with Gasteiger partial charge in [0, 0.05) is 11.3 Å². The predicted octanol–water partition coefficient (Wildman–Crippen LogP) is 5.14. The van der Waals surface area contributed by atoms with Gasteiger partial charge in [-0.05, 0) is 67.6 Å². The normalized spacial score (nSPS) is 11.4. The monoisotopic (exact) mass is 412 g/mol. The van der Waals surface area contributed by atoms with Crippen molar-refractivity contribution in [3.63, 3.8) is 0 Å². The summed E-state index contributed by atoms with van der Waals surface area (Å²) in [5.74, 6) is -0.633. The molecule has 2 N–H and O–H groups in total. The van der Waals surface area contributed by atoms with Crippen molar-refractivity contribution < 1.29 is 18.7 Å². The molecule has 3 aromatic rings. The molecule has 0 spiro atoms. The van der Waals surface area contributed by atoms with E-state index in [9.17, 15) is 14.0 Å². The summed E-state index contributed by atoms with van der Waals surface area (Å²) in [5, 5.41) is 5.81. The minimum Gasteiger partial charge on any atom is -0.481 e. The van der Waals surface area contributed by atoms with Gasteiger partial charge in [0.05, 0.1) is 10.7 Å². The van der Waals surface area contributed by atoms with E-state index < -0.39 is 6.10 Å². The number of rotatable bonds is 6. The Hall–Kier alpha value is -3.38. The zero-order chi connectivity index (χ0) is 20.8. The van der Waals surface area contributed by atoms with E-state index in [0.29, 0.717) is 27.7 Å². The van der Waals surface area contributed by atoms with Gasteiger partial charge in [-0.3, -0.25) is 9.59 Å². The van der Waals surface area contributed by atoms with Crippen molar-refractivity contribution >= 4 is 34.8 Å². The molecule has 29 heavy (non-hydrogen) atoms. The Morgan fingerprint density at radius 3 is 2.24 bits per heavy atom. The molecular formula is C22H18ClFN2O3. The third-order valence-electron chi connectivity index (χ3n) is 4.03. The minimum absolute atomic E-state index is 0.340. The average Bonchev–Trinajstić information content (AvgIpc) is 2.72. The number of anilines is 2. The first-order valence-electron chi connectivity index (χ1n) is 8.81. The fourth-order valence-electron chi connectivity index (χ4n) is 2.48. The van der Waals surface area contributed by atoms with Crippen molar-refractivity contribution in [3.8, 4) is 5.75 Å². The maximum absolute atomic E-state index is 12.9. The van der Waals surface area contributed by atoms with Crippen LogP contribution in [0.25, 0.3) is 0 Å². The topological polar surface area (TPSA) is 67.4 Å². The molecule has 3 aromatic carbocycles. The van der Waals surface area contributed by atoms with Gasteiger partial charge in [0.15, 0.2) is 6.10 Å². The van der Waals surface area contributed by atoms with Crippen molar-refractivity contribution in [2.75, 3.05) is 10.6 Å². The van der Waals surface area contributed by atoms with Crippen LogP contribution in [-0.4, -0.2) is 17.9 Å². The first-order valence-corrected chi connectivity index (χ1v) is 9.19. The van der Waals surface area contributed by atoms with E-state index in [4.69, 9.17) is 16.3 Å². The fraction of sp³-hybridized carbons (Fsp3) is 0.0909. The number of nitrogens with one attached hydrogen (secondary N) is 2. The van der Waals surface area contributed by atoms with Gasteiger partial charge in [-0.1, -0.05) is 23.7 Å². The molecule has 1 unspecified atom stereocenters. The van der Waals surface area contributed by atoms with E-state index in [1.165, 1.54) is 24.3 Å². The standard InChI is InChI=1S/C22H18ClFN2O3/c1-14(21(27)26-20-5-3-2-4-19(20)23)29-18-12-6-15(7-13-18)22(28)25-17-10-8-16(24)9-11-17/h2-14H,1H3,(H,25,28)(H,26,27). The van der Waals surface area contributed by atoms with Crippen LogP contribution in [0.1, 0.15) is 17.3 Å². The highest BCUT2D eigenvalue weighted by Crippen LogP contribution is 2.21. The highest BCUT2D eigenvalue weighted by atomic mass is 35.5. The number of carbonyl (C=O) groups is 2. The van der Waals surface area contributed by atoms with Gasteiger partial charge in [0.2, 0.25) is 0 Å². The highest BCUT2D eigenvalue weighted by molar-refractivity contribution is 6.33. The molecule has 0 aromatic heterocycles. The highest BCUT2D eigenvalue weighted by Gasteiger charge is 2.16. The molecule has 0 aliphatic rings. The zero-order valence-corrected chi connectivity index (χ0v) is 16.2. The molecule has 0 saturated heterocycles. The smallest absolute Gasteiger partial charge is 0.265 e. The van der Waals surface area contributed by atoms with Gasteiger partial charge in [0.25, 0.3) is 11.8 Å². The lowest BCUT2D eigenvalue weighted by atomic mass is 10.2. The summed E-state index contributed by atoms with van der Waals surface area (Å²) in [6.45, 7) is 1.61. The third kappa shape index (κ3) is 5.56. The van der Waals surface area contributed by atoms with Crippen LogP contribution in [0.4, 0.5) is 15.8 Å². The number of hydrogen-bond acceptors (Lipinski definition) is 3. The Kier molecular flexibility index (Phi) is 6.46. The number of carbonyl (C=O) groups excluding carboxylic acids is 2. The number of benzene rings is 3. The first kappa shape index (κ1) is 20.4. The fourth-order valence-corrected chi connectivity index (χ4v) is 2.66. The summed E-state index contributed by atoms with van der Waals surface area (Å²) in [4.78, 5) is 24.5. The summed E-state index contributed by atoms with van der Waals surface area (Å²) in [6, 6.07) is 18.7. The molecule has 0 aliphatic heterocycles. The molecule has 0 bridgehead atoms. The van der Waals surface area contributed by atoms with Gasteiger partial charge in [-0.25, -0.2) is 4.39 Å². The Balaban J connectivity index is 1.58. The van der Waals surface area contributed by atoms with Crippen LogP contribution >= 0.6 is 11.6 Å². The lowest BCUT2D eigenvalue weighted by Gasteiger charge is -2.15. The molecule has 0 radical (unpaired) electrons. The van der Waals surface area contributed by atoms with Crippen LogP contribution in [-0.2, 0) is 4.79 Å². The van der Waals surface area contributed by atoms with E-state index >= 15 is 0 Å². The second-order valence-corrected chi connectivity index (χ2v) is 6.62. The molecule has 0 aliphatic carbocycles. The summed E-state index contributed by atoms with van der Waals surface area (Å²) >= 11 is 6.03. The van der Waals surface area contributed by atoms with Gasteiger partial charge in [-0.15, -0.1) is 0 Å². The quantitative estimate of drug-likeness (QED) is 0.589. The molecule has 5 nitrogen and oxygen atoms in total. The number of amides is 2. The maximum atomic E-state index is 12.9. The maximum Gasteiger partial charge on any atom is 0.265 e. The van der Waals surface area contributed by atoms with Crippen LogP contribution in [0.15, 0.2) is 72.8 Å². The van der Waals surface area contributed by atoms with Crippen molar-refractivity contribution in [2.45, 2.75) is 13.0 Å². The zero-order valence-electron chi connectivity index (χ0n) is 15.5. The molecule has 0 heterocycles. The molecule has 2 amide bonds. The van der Waals surface area contributed by atoms with Crippen LogP contribution in [0, 0.1) is 5.82 Å². The Bertz CT molecular complexity index is 1010. The van der Waals surface area contributed by atoms with Gasteiger partial charge < -0.3 is 15.4 Å². The Morgan fingerprint density at radius 1 is 0.931 bits per heavy atom. The van der Waals surface area contributed by atoms with E-state index in [-0.39, 0.29) is 17.6 Å².